The fraction of sp³-hybridized carbons (Fsp3) is 0.818. The Bertz CT molecular complexity index is 330. The quantitative estimate of drug-likeness (QED) is 0.793. The Morgan fingerprint density at radius 1 is 1.31 bits per heavy atom. The molecule has 1 aliphatic carbocycles. The van der Waals surface area contributed by atoms with Crippen LogP contribution in [0.1, 0.15) is 50.2 Å². The van der Waals surface area contributed by atoms with Gasteiger partial charge in [0.1, 0.15) is 6.61 Å². The first-order valence-electron chi connectivity index (χ1n) is 5.85. The molecule has 5 nitrogen and oxygen atoms in total. The van der Waals surface area contributed by atoms with Gasteiger partial charge in [-0.1, -0.05) is 30.8 Å². The van der Waals surface area contributed by atoms with E-state index in [1.54, 1.807) is 7.11 Å². The minimum atomic E-state index is -0.421. The molecule has 0 radical (unpaired) electrons. The van der Waals surface area contributed by atoms with Crippen LogP contribution >= 0.6 is 0 Å². The second-order valence-electron chi connectivity index (χ2n) is 4.52. The maximum absolute atomic E-state index is 6.35. The average molecular weight is 225 g/mol. The maximum atomic E-state index is 6.35. The highest BCUT2D eigenvalue weighted by Crippen LogP contribution is 2.32. The van der Waals surface area contributed by atoms with Gasteiger partial charge in [-0.3, -0.25) is 0 Å². The molecule has 1 heterocycles. The lowest BCUT2D eigenvalue weighted by molar-refractivity contribution is 0.174. The van der Waals surface area contributed by atoms with Crippen LogP contribution in [0, 0.1) is 0 Å². The van der Waals surface area contributed by atoms with E-state index in [0.29, 0.717) is 18.3 Å². The standard InChI is InChI=1S/C11H19N3O2/c1-15-8-9-13-10(16-14-9)11(12)6-4-2-3-5-7-11/h2-8,12H2,1H3. The SMILES string of the molecule is COCc1noc(C2(N)CCCCCC2)n1. The van der Waals surface area contributed by atoms with E-state index < -0.39 is 5.54 Å². The third-order valence-corrected chi connectivity index (χ3v) is 3.16. The molecule has 1 aliphatic rings. The molecule has 16 heavy (non-hydrogen) atoms. The van der Waals surface area contributed by atoms with Crippen molar-refractivity contribution in [2.75, 3.05) is 7.11 Å². The van der Waals surface area contributed by atoms with Gasteiger partial charge >= 0.3 is 0 Å². The summed E-state index contributed by atoms with van der Waals surface area (Å²) in [5.41, 5.74) is 5.93. The van der Waals surface area contributed by atoms with Crippen LogP contribution in [0.3, 0.4) is 0 Å². The third-order valence-electron chi connectivity index (χ3n) is 3.16. The number of hydrogen-bond acceptors (Lipinski definition) is 5. The Kier molecular flexibility index (Phi) is 3.56. The first-order valence-corrected chi connectivity index (χ1v) is 5.85. The average Bonchev–Trinajstić information content (AvgIpc) is 2.63. The van der Waals surface area contributed by atoms with Crippen LogP contribution in [-0.2, 0) is 16.9 Å². The Labute approximate surface area is 95.3 Å². The van der Waals surface area contributed by atoms with Crippen molar-refractivity contribution in [2.24, 2.45) is 5.73 Å². The van der Waals surface area contributed by atoms with E-state index in [0.717, 1.165) is 25.7 Å². The summed E-state index contributed by atoms with van der Waals surface area (Å²) in [7, 11) is 1.61. The first-order chi connectivity index (χ1) is 7.74. The molecule has 0 bridgehead atoms. The van der Waals surface area contributed by atoms with Crippen molar-refractivity contribution in [3.05, 3.63) is 11.7 Å². The summed E-state index contributed by atoms with van der Waals surface area (Å²) in [5.74, 6) is 1.15. The predicted molar refractivity (Wildman–Crippen MR) is 58.6 cm³/mol. The second kappa shape index (κ2) is 4.93. The molecule has 1 aromatic heterocycles. The topological polar surface area (TPSA) is 74.2 Å². The summed E-state index contributed by atoms with van der Waals surface area (Å²) < 4.78 is 10.2. The van der Waals surface area contributed by atoms with Crippen LogP contribution in [0.5, 0.6) is 0 Å². The van der Waals surface area contributed by atoms with Crippen molar-refractivity contribution < 1.29 is 9.26 Å². The summed E-state index contributed by atoms with van der Waals surface area (Å²) >= 11 is 0. The zero-order chi connectivity index (χ0) is 11.4. The number of ether oxygens (including phenoxy) is 1. The zero-order valence-corrected chi connectivity index (χ0v) is 9.74. The smallest absolute Gasteiger partial charge is 0.246 e. The van der Waals surface area contributed by atoms with Gasteiger partial charge in [-0.25, -0.2) is 0 Å². The van der Waals surface area contributed by atoms with E-state index in [1.165, 1.54) is 12.8 Å². The molecule has 0 atom stereocenters. The summed E-state index contributed by atoms with van der Waals surface area (Å²) in [5, 5.41) is 3.87. The molecule has 5 heteroatoms. The Hall–Kier alpha value is -0.940. The van der Waals surface area contributed by atoms with Gasteiger partial charge in [0, 0.05) is 7.11 Å². The fourth-order valence-electron chi connectivity index (χ4n) is 2.22. The third kappa shape index (κ3) is 2.41. The highest BCUT2D eigenvalue weighted by Gasteiger charge is 2.34. The van der Waals surface area contributed by atoms with Crippen molar-refractivity contribution in [2.45, 2.75) is 50.7 Å². The Morgan fingerprint density at radius 2 is 2.00 bits per heavy atom. The second-order valence-corrected chi connectivity index (χ2v) is 4.52. The van der Waals surface area contributed by atoms with E-state index in [9.17, 15) is 0 Å². The van der Waals surface area contributed by atoms with Crippen LogP contribution < -0.4 is 5.73 Å². The molecule has 2 rings (SSSR count). The molecule has 1 fully saturated rings. The minimum absolute atomic E-state index is 0.375. The Balaban J connectivity index is 2.13. The van der Waals surface area contributed by atoms with Gasteiger partial charge in [-0.05, 0) is 12.8 Å². The van der Waals surface area contributed by atoms with Crippen LogP contribution in [0.4, 0.5) is 0 Å². The van der Waals surface area contributed by atoms with Gasteiger partial charge in [0.2, 0.25) is 5.89 Å². The molecule has 0 unspecified atom stereocenters. The number of methoxy groups -OCH3 is 1. The van der Waals surface area contributed by atoms with E-state index in [4.69, 9.17) is 15.0 Å². The molecule has 0 saturated heterocycles. The number of nitrogens with two attached hydrogens (primary N) is 1. The van der Waals surface area contributed by atoms with Gasteiger partial charge in [-0.15, -0.1) is 0 Å². The number of aromatic nitrogens is 2. The lowest BCUT2D eigenvalue weighted by Crippen LogP contribution is -2.36. The van der Waals surface area contributed by atoms with E-state index in [2.05, 4.69) is 10.1 Å². The minimum Gasteiger partial charge on any atom is -0.377 e. The van der Waals surface area contributed by atoms with Crippen LogP contribution in [0.2, 0.25) is 0 Å². The maximum Gasteiger partial charge on any atom is 0.246 e. The van der Waals surface area contributed by atoms with Crippen LogP contribution in [-0.4, -0.2) is 17.3 Å². The molecular formula is C11H19N3O2. The summed E-state index contributed by atoms with van der Waals surface area (Å²) in [6, 6.07) is 0. The molecule has 90 valence electrons. The molecule has 0 aromatic carbocycles. The van der Waals surface area contributed by atoms with Crippen molar-refractivity contribution >= 4 is 0 Å². The lowest BCUT2D eigenvalue weighted by atomic mass is 9.91. The van der Waals surface area contributed by atoms with Gasteiger partial charge in [-0.2, -0.15) is 4.98 Å². The summed E-state index contributed by atoms with van der Waals surface area (Å²) in [4.78, 5) is 4.31. The van der Waals surface area contributed by atoms with Crippen molar-refractivity contribution in [1.82, 2.24) is 10.1 Å². The monoisotopic (exact) mass is 225 g/mol. The molecule has 0 amide bonds. The molecule has 0 aliphatic heterocycles. The van der Waals surface area contributed by atoms with Crippen molar-refractivity contribution in [3.63, 3.8) is 0 Å². The molecule has 2 N–H and O–H groups in total. The van der Waals surface area contributed by atoms with Crippen molar-refractivity contribution in [3.8, 4) is 0 Å². The zero-order valence-electron chi connectivity index (χ0n) is 9.74. The van der Waals surface area contributed by atoms with E-state index >= 15 is 0 Å². The number of hydrogen-bond donors (Lipinski definition) is 1. The molecule has 0 spiro atoms. The summed E-state index contributed by atoms with van der Waals surface area (Å²) in [6.07, 6.45) is 6.64. The highest BCUT2D eigenvalue weighted by molar-refractivity contribution is 5.02. The van der Waals surface area contributed by atoms with Crippen LogP contribution in [0.25, 0.3) is 0 Å². The van der Waals surface area contributed by atoms with Gasteiger partial charge in [0.25, 0.3) is 0 Å². The largest absolute Gasteiger partial charge is 0.377 e. The lowest BCUT2D eigenvalue weighted by Gasteiger charge is -2.22. The molecule has 1 aromatic rings. The van der Waals surface area contributed by atoms with Crippen molar-refractivity contribution in [1.29, 1.82) is 0 Å². The van der Waals surface area contributed by atoms with Crippen LogP contribution in [0.15, 0.2) is 4.52 Å². The normalized spacial score (nSPS) is 20.6. The summed E-state index contributed by atoms with van der Waals surface area (Å²) in [6.45, 7) is 0.375. The fourth-order valence-corrected chi connectivity index (χ4v) is 2.22. The Morgan fingerprint density at radius 3 is 2.62 bits per heavy atom. The first kappa shape index (κ1) is 11.5. The molecular weight excluding hydrogens is 206 g/mol. The number of rotatable bonds is 3. The van der Waals surface area contributed by atoms with E-state index in [-0.39, 0.29) is 0 Å². The van der Waals surface area contributed by atoms with E-state index in [1.807, 2.05) is 0 Å². The van der Waals surface area contributed by atoms with Gasteiger partial charge < -0.3 is 15.0 Å². The van der Waals surface area contributed by atoms with Gasteiger partial charge in [0.15, 0.2) is 5.82 Å². The number of nitrogens with zero attached hydrogens (tertiary/aromatic N) is 2. The molecule has 1 saturated carbocycles. The predicted octanol–water partition coefficient (Wildman–Crippen LogP) is 1.72. The van der Waals surface area contributed by atoms with Gasteiger partial charge in [0.05, 0.1) is 5.54 Å². The highest BCUT2D eigenvalue weighted by atomic mass is 16.5.